The molecule has 0 bridgehead atoms. The van der Waals surface area contributed by atoms with Crippen LogP contribution < -0.4 is 20.9 Å². The van der Waals surface area contributed by atoms with Crippen LogP contribution in [0.25, 0.3) is 21.5 Å². The number of rotatable bonds is 14. The Kier molecular flexibility index (Phi) is 12.6. The van der Waals surface area contributed by atoms with Crippen molar-refractivity contribution in [1.29, 1.82) is 0 Å². The molecular weight excluding hydrogens is 658 g/mol. The molecule has 5 aromatic rings. The molecule has 0 aromatic heterocycles. The number of alkyl carbamates (subject to hydrolysis) is 1. The summed E-state index contributed by atoms with van der Waals surface area (Å²) in [5, 5.41) is 9.91. The largest absolute Gasteiger partial charge is 0.494 e. The second kappa shape index (κ2) is 17.7. The van der Waals surface area contributed by atoms with E-state index in [0.717, 1.165) is 45.5 Å². The van der Waals surface area contributed by atoms with Crippen molar-refractivity contribution in [2.24, 2.45) is 0 Å². The minimum absolute atomic E-state index is 0.0728. The van der Waals surface area contributed by atoms with Crippen LogP contribution in [0.3, 0.4) is 0 Å². The molecule has 1 atom stereocenters. The highest BCUT2D eigenvalue weighted by Gasteiger charge is 2.23. The van der Waals surface area contributed by atoms with Crippen molar-refractivity contribution >= 4 is 57.0 Å². The van der Waals surface area contributed by atoms with E-state index >= 15 is 0 Å². The van der Waals surface area contributed by atoms with Crippen LogP contribution in [0.2, 0.25) is 5.02 Å². The minimum atomic E-state index is -1.09. The Labute approximate surface area is 295 Å². The summed E-state index contributed by atoms with van der Waals surface area (Å²) in [7, 11) is 0. The SMILES string of the molecule is CCCCOc1ccc(C[C@H](NC(=O)OCCc2c3ccccc3cc3ccccc23)C(=O)NCC(=O)NOC(=O)c2ccc(Cl)cc2)cc1. The first-order chi connectivity index (χ1) is 24.3. The number of nitrogens with one attached hydrogen (secondary N) is 3. The van der Waals surface area contributed by atoms with Crippen molar-refractivity contribution in [3.8, 4) is 5.75 Å². The van der Waals surface area contributed by atoms with Gasteiger partial charge < -0.3 is 24.9 Å². The van der Waals surface area contributed by atoms with Crippen LogP contribution in [0.5, 0.6) is 5.75 Å². The number of fused-ring (bicyclic) bond motifs is 2. The number of benzene rings is 5. The smallest absolute Gasteiger partial charge is 0.407 e. The minimum Gasteiger partial charge on any atom is -0.494 e. The fourth-order valence-corrected chi connectivity index (χ4v) is 5.51. The van der Waals surface area contributed by atoms with Gasteiger partial charge in [0.15, 0.2) is 0 Å². The number of hydrogen-bond donors (Lipinski definition) is 3. The molecule has 5 rings (SSSR count). The number of carbonyl (C=O) groups excluding carboxylic acids is 4. The Hall–Kier alpha value is -5.61. The summed E-state index contributed by atoms with van der Waals surface area (Å²) in [4.78, 5) is 55.8. The quantitative estimate of drug-likeness (QED) is 0.0669. The molecule has 5 aromatic carbocycles. The second-order valence-corrected chi connectivity index (χ2v) is 12.0. The molecule has 0 saturated carbocycles. The molecule has 0 spiro atoms. The van der Waals surface area contributed by atoms with Crippen molar-refractivity contribution in [3.05, 3.63) is 125 Å². The highest BCUT2D eigenvalue weighted by atomic mass is 35.5. The van der Waals surface area contributed by atoms with E-state index in [2.05, 4.69) is 35.8 Å². The predicted octanol–water partition coefficient (Wildman–Crippen LogP) is 6.71. The zero-order chi connectivity index (χ0) is 35.3. The van der Waals surface area contributed by atoms with Crippen molar-refractivity contribution in [3.63, 3.8) is 0 Å². The molecule has 3 amide bonds. The number of hydroxylamine groups is 1. The van der Waals surface area contributed by atoms with Gasteiger partial charge in [0.1, 0.15) is 11.8 Å². The first-order valence-corrected chi connectivity index (χ1v) is 16.8. The predicted molar refractivity (Wildman–Crippen MR) is 192 cm³/mol. The van der Waals surface area contributed by atoms with Gasteiger partial charge in [-0.05, 0) is 81.6 Å². The summed E-state index contributed by atoms with van der Waals surface area (Å²) in [5.41, 5.74) is 4.00. The van der Waals surface area contributed by atoms with Gasteiger partial charge in [-0.1, -0.05) is 85.6 Å². The molecule has 10 nitrogen and oxygen atoms in total. The monoisotopic (exact) mass is 695 g/mol. The van der Waals surface area contributed by atoms with Crippen LogP contribution in [0, 0.1) is 0 Å². The summed E-state index contributed by atoms with van der Waals surface area (Å²) in [6, 6.07) is 30.3. The normalized spacial score (nSPS) is 11.4. The molecule has 0 aliphatic carbocycles. The number of amides is 3. The van der Waals surface area contributed by atoms with Crippen LogP contribution in [-0.2, 0) is 32.0 Å². The first-order valence-electron chi connectivity index (χ1n) is 16.4. The molecule has 0 saturated heterocycles. The third kappa shape index (κ3) is 9.96. The second-order valence-electron chi connectivity index (χ2n) is 11.6. The Balaban J connectivity index is 1.20. The standard InChI is InChI=1S/C39H38ClN3O7/c1-2-3-21-48-31-18-12-26(13-19-31)23-35(37(45)41-25-36(44)43-50-38(46)27-14-16-30(40)17-15-27)42-39(47)49-22-20-34-32-10-6-4-8-28(32)24-29-9-5-7-11-33(29)34/h4-19,24,35H,2-3,20-23,25H2,1H3,(H,41,45)(H,42,47)(H,43,44)/t35-/m0/s1. The van der Waals surface area contributed by atoms with Gasteiger partial charge in [0.25, 0.3) is 5.91 Å². The highest BCUT2D eigenvalue weighted by molar-refractivity contribution is 6.30. The third-order valence-electron chi connectivity index (χ3n) is 7.97. The number of unbranched alkanes of at least 4 members (excludes halogenated alkanes) is 1. The van der Waals surface area contributed by atoms with Crippen molar-refractivity contribution < 1.29 is 33.5 Å². The number of ether oxygens (including phenoxy) is 2. The summed E-state index contributed by atoms with van der Waals surface area (Å²) >= 11 is 5.84. The first kappa shape index (κ1) is 35.7. The molecule has 0 fully saturated rings. The lowest BCUT2D eigenvalue weighted by atomic mass is 9.95. The van der Waals surface area contributed by atoms with Gasteiger partial charge in [0.05, 0.1) is 25.3 Å². The molecule has 0 aliphatic heterocycles. The maximum Gasteiger partial charge on any atom is 0.407 e. The number of halogens is 1. The van der Waals surface area contributed by atoms with Gasteiger partial charge in [-0.25, -0.2) is 9.59 Å². The molecule has 11 heteroatoms. The number of carbonyl (C=O) groups is 4. The van der Waals surface area contributed by atoms with Gasteiger partial charge in [0, 0.05) is 17.9 Å². The summed E-state index contributed by atoms with van der Waals surface area (Å²) < 4.78 is 11.3. The number of hydrogen-bond acceptors (Lipinski definition) is 7. The van der Waals surface area contributed by atoms with E-state index in [1.165, 1.54) is 24.3 Å². The fourth-order valence-electron chi connectivity index (χ4n) is 5.38. The highest BCUT2D eigenvalue weighted by Crippen LogP contribution is 2.29. The van der Waals surface area contributed by atoms with Gasteiger partial charge in [-0.3, -0.25) is 9.59 Å². The van der Waals surface area contributed by atoms with Gasteiger partial charge in [-0.2, -0.15) is 5.48 Å². The lowest BCUT2D eigenvalue weighted by Gasteiger charge is -2.19. The Morgan fingerprint density at radius 2 is 1.46 bits per heavy atom. The molecule has 50 heavy (non-hydrogen) atoms. The lowest BCUT2D eigenvalue weighted by Crippen LogP contribution is -2.50. The van der Waals surface area contributed by atoms with Gasteiger partial charge in [0.2, 0.25) is 5.91 Å². The molecule has 3 N–H and O–H groups in total. The summed E-state index contributed by atoms with van der Waals surface area (Å²) in [5.74, 6) is -1.52. The fraction of sp³-hybridized carbons (Fsp3) is 0.231. The van der Waals surface area contributed by atoms with E-state index in [0.29, 0.717) is 23.8 Å². The zero-order valence-corrected chi connectivity index (χ0v) is 28.3. The van der Waals surface area contributed by atoms with Crippen molar-refractivity contribution in [1.82, 2.24) is 16.1 Å². The zero-order valence-electron chi connectivity index (χ0n) is 27.6. The summed E-state index contributed by atoms with van der Waals surface area (Å²) in [6.07, 6.45) is 1.73. The average molecular weight is 696 g/mol. The molecule has 0 aliphatic rings. The van der Waals surface area contributed by atoms with Crippen LogP contribution in [-0.4, -0.2) is 49.7 Å². The van der Waals surface area contributed by atoms with E-state index in [-0.39, 0.29) is 18.6 Å². The van der Waals surface area contributed by atoms with Gasteiger partial charge in [-0.15, -0.1) is 0 Å². The van der Waals surface area contributed by atoms with E-state index in [4.69, 9.17) is 25.9 Å². The van der Waals surface area contributed by atoms with E-state index in [1.807, 2.05) is 54.0 Å². The van der Waals surface area contributed by atoms with Crippen LogP contribution >= 0.6 is 11.6 Å². The molecule has 0 heterocycles. The van der Waals surface area contributed by atoms with Crippen molar-refractivity contribution in [2.75, 3.05) is 19.8 Å². The average Bonchev–Trinajstić information content (AvgIpc) is 3.13. The van der Waals surface area contributed by atoms with Gasteiger partial charge >= 0.3 is 12.1 Å². The lowest BCUT2D eigenvalue weighted by molar-refractivity contribution is -0.132. The Bertz CT molecular complexity index is 1890. The molecule has 0 radical (unpaired) electrons. The van der Waals surface area contributed by atoms with Crippen LogP contribution in [0.4, 0.5) is 4.79 Å². The van der Waals surface area contributed by atoms with E-state index in [1.54, 1.807) is 12.1 Å². The molecule has 258 valence electrons. The third-order valence-corrected chi connectivity index (χ3v) is 8.22. The Morgan fingerprint density at radius 3 is 2.12 bits per heavy atom. The van der Waals surface area contributed by atoms with Crippen LogP contribution in [0.1, 0.15) is 41.3 Å². The maximum atomic E-state index is 13.3. The van der Waals surface area contributed by atoms with E-state index < -0.39 is 36.5 Å². The van der Waals surface area contributed by atoms with Crippen molar-refractivity contribution in [2.45, 2.75) is 38.6 Å². The summed E-state index contributed by atoms with van der Waals surface area (Å²) in [6.45, 7) is 2.24. The Morgan fingerprint density at radius 1 is 0.800 bits per heavy atom. The molecule has 0 unspecified atom stereocenters. The van der Waals surface area contributed by atoms with E-state index in [9.17, 15) is 19.2 Å². The topological polar surface area (TPSA) is 132 Å². The van der Waals surface area contributed by atoms with Crippen LogP contribution in [0.15, 0.2) is 103 Å². The molecular formula is C39H38ClN3O7. The maximum absolute atomic E-state index is 13.3.